The Morgan fingerprint density at radius 3 is 2.56 bits per heavy atom. The lowest BCUT2D eigenvalue weighted by Crippen LogP contribution is -2.24. The monoisotopic (exact) mass is 371 g/mol. The predicted octanol–water partition coefficient (Wildman–Crippen LogP) is 3.48. The van der Waals surface area contributed by atoms with Crippen LogP contribution >= 0.6 is 22.6 Å². The average molecular weight is 371 g/mol. The van der Waals surface area contributed by atoms with Crippen LogP contribution in [0, 0.1) is 3.57 Å². The van der Waals surface area contributed by atoms with Crippen LogP contribution in [0.15, 0.2) is 18.2 Å². The maximum absolute atomic E-state index is 12.6. The molecule has 1 N–H and O–H groups in total. The molecule has 1 unspecified atom stereocenters. The van der Waals surface area contributed by atoms with Crippen molar-refractivity contribution in [1.82, 2.24) is 5.32 Å². The topological polar surface area (TPSA) is 38.3 Å². The summed E-state index contributed by atoms with van der Waals surface area (Å²) in [4.78, 5) is 11.1. The van der Waals surface area contributed by atoms with Crippen molar-refractivity contribution in [3.8, 4) is 0 Å². The van der Waals surface area contributed by atoms with E-state index in [1.807, 2.05) is 22.6 Å². The second-order valence-corrected chi connectivity index (χ2v) is 5.16. The molecule has 1 amide bonds. The van der Waals surface area contributed by atoms with E-state index in [9.17, 15) is 18.0 Å². The molecule has 7 heteroatoms. The molecule has 0 saturated carbocycles. The van der Waals surface area contributed by atoms with Gasteiger partial charge in [0.25, 0.3) is 0 Å². The molecule has 98 valence electrons. The normalized spacial score (nSPS) is 23.7. The molecule has 0 spiro atoms. The van der Waals surface area contributed by atoms with E-state index >= 15 is 0 Å². The maximum atomic E-state index is 12.6. The number of carbonyl (C=O) groups is 1. The fraction of sp³-hybridized carbons (Fsp3) is 0.364. The molecule has 1 aromatic rings. The van der Waals surface area contributed by atoms with Crippen molar-refractivity contribution in [3.05, 3.63) is 32.9 Å². The van der Waals surface area contributed by atoms with E-state index in [1.54, 1.807) is 6.92 Å². The number of alkyl carbamates (subject to hydrolysis) is 1. The van der Waals surface area contributed by atoms with Gasteiger partial charge in [0.1, 0.15) is 6.10 Å². The van der Waals surface area contributed by atoms with Crippen LogP contribution in [-0.4, -0.2) is 12.1 Å². The molecule has 0 aromatic heterocycles. The number of halogens is 4. The number of hydrogen-bond donors (Lipinski definition) is 1. The minimum Gasteiger partial charge on any atom is -0.439 e. The van der Waals surface area contributed by atoms with E-state index in [0.717, 1.165) is 12.1 Å². The van der Waals surface area contributed by atoms with Crippen molar-refractivity contribution >= 4 is 28.7 Å². The Morgan fingerprint density at radius 2 is 2.06 bits per heavy atom. The third-order valence-electron chi connectivity index (χ3n) is 2.66. The van der Waals surface area contributed by atoms with E-state index < -0.39 is 23.9 Å². The van der Waals surface area contributed by atoms with Crippen molar-refractivity contribution in [3.63, 3.8) is 0 Å². The highest BCUT2D eigenvalue weighted by Gasteiger charge is 2.36. The molecule has 1 aromatic carbocycles. The van der Waals surface area contributed by atoms with Gasteiger partial charge in [0.15, 0.2) is 0 Å². The number of hydrogen-bond acceptors (Lipinski definition) is 2. The Bertz CT molecular complexity index is 490. The molecule has 1 saturated heterocycles. The molecule has 3 nitrogen and oxygen atoms in total. The molecular weight excluding hydrogens is 362 g/mol. The Balaban J connectivity index is 2.41. The first-order valence-electron chi connectivity index (χ1n) is 5.13. The number of rotatable bonds is 1. The number of nitrogens with one attached hydrogen (secondary N) is 1. The van der Waals surface area contributed by atoms with Gasteiger partial charge in [-0.15, -0.1) is 0 Å². The van der Waals surface area contributed by atoms with E-state index in [-0.39, 0.29) is 6.04 Å². The number of alkyl halides is 3. The molecule has 1 aliphatic heterocycles. The van der Waals surface area contributed by atoms with Gasteiger partial charge in [-0.1, -0.05) is 0 Å². The molecule has 1 aliphatic rings. The standard InChI is InChI=1S/C11H9F3INO2/c1-5-9(18-10(17)16-5)7-4-6(11(12,13)14)2-3-8(7)15/h2-5,9H,1H3,(H,16,17)/t5-,9?/m0/s1. The predicted molar refractivity (Wildman–Crippen MR) is 66.0 cm³/mol. The Morgan fingerprint density at radius 1 is 1.39 bits per heavy atom. The number of benzene rings is 1. The number of carbonyl (C=O) groups excluding carboxylic acids is 1. The van der Waals surface area contributed by atoms with Gasteiger partial charge in [-0.2, -0.15) is 13.2 Å². The summed E-state index contributed by atoms with van der Waals surface area (Å²) in [5.41, 5.74) is -0.371. The van der Waals surface area contributed by atoms with E-state index in [2.05, 4.69) is 5.32 Å². The largest absolute Gasteiger partial charge is 0.439 e. The molecule has 2 rings (SSSR count). The van der Waals surface area contributed by atoms with Crippen LogP contribution in [0.2, 0.25) is 0 Å². The van der Waals surface area contributed by atoms with Crippen molar-refractivity contribution < 1.29 is 22.7 Å². The summed E-state index contributed by atoms with van der Waals surface area (Å²) in [6.45, 7) is 1.69. The molecule has 0 bridgehead atoms. The smallest absolute Gasteiger partial charge is 0.416 e. The average Bonchev–Trinajstić information content (AvgIpc) is 2.56. The van der Waals surface area contributed by atoms with Crippen LogP contribution in [0.5, 0.6) is 0 Å². The molecular formula is C11H9F3INO2. The lowest BCUT2D eigenvalue weighted by molar-refractivity contribution is -0.137. The molecule has 1 fully saturated rings. The third-order valence-corrected chi connectivity index (χ3v) is 3.65. The summed E-state index contributed by atoms with van der Waals surface area (Å²) in [6.07, 6.45) is -5.70. The summed E-state index contributed by atoms with van der Waals surface area (Å²) in [7, 11) is 0. The fourth-order valence-corrected chi connectivity index (χ4v) is 2.43. The van der Waals surface area contributed by atoms with Crippen LogP contribution in [0.3, 0.4) is 0 Å². The zero-order valence-electron chi connectivity index (χ0n) is 9.22. The van der Waals surface area contributed by atoms with E-state index in [1.165, 1.54) is 6.07 Å². The molecule has 18 heavy (non-hydrogen) atoms. The van der Waals surface area contributed by atoms with Gasteiger partial charge in [0, 0.05) is 9.13 Å². The van der Waals surface area contributed by atoms with Gasteiger partial charge in [0.2, 0.25) is 0 Å². The quantitative estimate of drug-likeness (QED) is 0.768. The highest BCUT2D eigenvalue weighted by molar-refractivity contribution is 14.1. The van der Waals surface area contributed by atoms with Gasteiger partial charge in [0.05, 0.1) is 11.6 Å². The zero-order valence-corrected chi connectivity index (χ0v) is 11.4. The van der Waals surface area contributed by atoms with Crippen molar-refractivity contribution in [2.24, 2.45) is 0 Å². The van der Waals surface area contributed by atoms with Crippen LogP contribution in [0.1, 0.15) is 24.2 Å². The van der Waals surface area contributed by atoms with Gasteiger partial charge in [-0.25, -0.2) is 4.79 Å². The number of ether oxygens (including phenoxy) is 1. The summed E-state index contributed by atoms with van der Waals surface area (Å²) in [6, 6.07) is 3.07. The van der Waals surface area contributed by atoms with Gasteiger partial charge in [-0.05, 0) is 47.7 Å². The van der Waals surface area contributed by atoms with Crippen LogP contribution < -0.4 is 5.32 Å². The lowest BCUT2D eigenvalue weighted by Gasteiger charge is -2.17. The molecule has 2 atom stereocenters. The zero-order chi connectivity index (χ0) is 13.5. The highest BCUT2D eigenvalue weighted by Crippen LogP contribution is 2.35. The highest BCUT2D eigenvalue weighted by atomic mass is 127. The minimum absolute atomic E-state index is 0.352. The van der Waals surface area contributed by atoms with Crippen molar-refractivity contribution in [2.45, 2.75) is 25.2 Å². The first-order valence-corrected chi connectivity index (χ1v) is 6.20. The summed E-state index contributed by atoms with van der Waals surface area (Å²) in [5.74, 6) is 0. The second-order valence-electron chi connectivity index (χ2n) is 3.99. The Labute approximate surface area is 115 Å². The van der Waals surface area contributed by atoms with E-state index in [4.69, 9.17) is 4.74 Å². The van der Waals surface area contributed by atoms with Gasteiger partial charge >= 0.3 is 12.3 Å². The first-order chi connectivity index (χ1) is 8.29. The van der Waals surface area contributed by atoms with Crippen molar-refractivity contribution in [2.75, 3.05) is 0 Å². The Hall–Kier alpha value is -0.990. The minimum atomic E-state index is -4.40. The maximum Gasteiger partial charge on any atom is 0.416 e. The van der Waals surface area contributed by atoms with Gasteiger partial charge in [-0.3, -0.25) is 0 Å². The molecule has 0 radical (unpaired) electrons. The van der Waals surface area contributed by atoms with E-state index in [0.29, 0.717) is 9.13 Å². The third kappa shape index (κ3) is 2.55. The number of amides is 1. The van der Waals surface area contributed by atoms with Crippen LogP contribution in [0.25, 0.3) is 0 Å². The lowest BCUT2D eigenvalue weighted by atomic mass is 10.0. The fourth-order valence-electron chi connectivity index (χ4n) is 1.78. The molecule has 0 aliphatic carbocycles. The summed E-state index contributed by atoms with van der Waals surface area (Å²) < 4.78 is 43.5. The SMILES string of the molecule is C[C@@H]1NC(=O)OC1c1cc(C(F)(F)F)ccc1I. The number of cyclic esters (lactones) is 1. The van der Waals surface area contributed by atoms with Crippen LogP contribution in [-0.2, 0) is 10.9 Å². The summed E-state index contributed by atoms with van der Waals surface area (Å²) >= 11 is 1.93. The summed E-state index contributed by atoms with van der Waals surface area (Å²) in [5, 5.41) is 2.50. The molecule has 1 heterocycles. The van der Waals surface area contributed by atoms with Crippen molar-refractivity contribution in [1.29, 1.82) is 0 Å². The first kappa shape index (κ1) is 13.4. The second kappa shape index (κ2) is 4.60. The van der Waals surface area contributed by atoms with Crippen LogP contribution in [0.4, 0.5) is 18.0 Å². The van der Waals surface area contributed by atoms with Gasteiger partial charge < -0.3 is 10.1 Å². The Kier molecular flexibility index (Phi) is 3.43.